The first-order chi connectivity index (χ1) is 16.0. The van der Waals surface area contributed by atoms with Crippen LogP contribution in [0.25, 0.3) is 0 Å². The van der Waals surface area contributed by atoms with Crippen molar-refractivity contribution in [1.82, 2.24) is 15.3 Å². The Labute approximate surface area is 196 Å². The van der Waals surface area contributed by atoms with E-state index in [0.29, 0.717) is 6.54 Å². The minimum absolute atomic E-state index is 0.148. The molecule has 172 valence electrons. The van der Waals surface area contributed by atoms with Gasteiger partial charge in [-0.25, -0.2) is 14.2 Å². The number of benzene rings is 1. The SMILES string of the molecule is C/C(F)=C\C=C/CNc1nc(N2CCC3(CC2)NC(=O)Nc2ccccc23)nc2c1SCC2. The maximum Gasteiger partial charge on any atom is 0.319 e. The number of aromatic nitrogens is 2. The Bertz CT molecular complexity index is 1120. The van der Waals surface area contributed by atoms with Gasteiger partial charge in [-0.05, 0) is 31.9 Å². The number of halogens is 1. The standard InChI is InChI=1S/C24H27FN6OS/c1-16(25)6-4-5-12-26-21-20-19(9-15-33-20)27-22(29-21)31-13-10-24(11-14-31)17-7-2-3-8-18(17)28-23(32)30-24/h2-8H,9-15H2,1H3,(H,26,27,29)(H2,28,30,32)/b5-4-,16-6+. The number of carbonyl (C=O) groups is 1. The molecule has 0 aliphatic carbocycles. The topological polar surface area (TPSA) is 82.2 Å². The van der Waals surface area contributed by atoms with Crippen molar-refractivity contribution in [3.8, 4) is 0 Å². The molecule has 1 spiro atoms. The molecule has 1 aromatic carbocycles. The summed E-state index contributed by atoms with van der Waals surface area (Å²) < 4.78 is 12.9. The predicted octanol–water partition coefficient (Wildman–Crippen LogP) is 4.60. The lowest BCUT2D eigenvalue weighted by Crippen LogP contribution is -2.57. The van der Waals surface area contributed by atoms with Gasteiger partial charge in [0.25, 0.3) is 0 Å². The van der Waals surface area contributed by atoms with Crippen molar-refractivity contribution < 1.29 is 9.18 Å². The van der Waals surface area contributed by atoms with Gasteiger partial charge in [0.2, 0.25) is 5.95 Å². The first-order valence-electron chi connectivity index (χ1n) is 11.2. The van der Waals surface area contributed by atoms with Crippen molar-refractivity contribution in [2.24, 2.45) is 0 Å². The Balaban J connectivity index is 1.34. The number of fused-ring (bicyclic) bond motifs is 3. The number of anilines is 3. The van der Waals surface area contributed by atoms with Crippen LogP contribution in [0, 0.1) is 0 Å². The highest BCUT2D eigenvalue weighted by Crippen LogP contribution is 2.41. The van der Waals surface area contributed by atoms with Gasteiger partial charge in [-0.1, -0.05) is 30.4 Å². The van der Waals surface area contributed by atoms with Gasteiger partial charge in [-0.3, -0.25) is 0 Å². The van der Waals surface area contributed by atoms with Crippen LogP contribution in [0.2, 0.25) is 0 Å². The molecular weight excluding hydrogens is 439 g/mol. The molecule has 1 aromatic heterocycles. The molecule has 2 aromatic rings. The van der Waals surface area contributed by atoms with Crippen molar-refractivity contribution in [3.63, 3.8) is 0 Å². The quantitative estimate of drug-likeness (QED) is 0.559. The Morgan fingerprint density at radius 1 is 1.30 bits per heavy atom. The summed E-state index contributed by atoms with van der Waals surface area (Å²) in [6.45, 7) is 3.49. The molecule has 1 saturated heterocycles. The molecule has 0 radical (unpaired) electrons. The molecule has 7 nitrogen and oxygen atoms in total. The number of rotatable bonds is 5. The molecule has 4 heterocycles. The molecule has 1 fully saturated rings. The normalized spacial score (nSPS) is 19.3. The van der Waals surface area contributed by atoms with Gasteiger partial charge in [0.15, 0.2) is 0 Å². The fourth-order valence-corrected chi connectivity index (χ4v) is 5.74. The molecule has 0 atom stereocenters. The number of hydrogen-bond donors (Lipinski definition) is 3. The number of nitrogens with one attached hydrogen (secondary N) is 3. The van der Waals surface area contributed by atoms with Crippen LogP contribution in [0.3, 0.4) is 0 Å². The van der Waals surface area contributed by atoms with Gasteiger partial charge >= 0.3 is 6.03 Å². The number of allylic oxidation sites excluding steroid dienone is 3. The number of aryl methyl sites for hydroxylation is 1. The molecule has 9 heteroatoms. The van der Waals surface area contributed by atoms with Crippen LogP contribution in [-0.2, 0) is 12.0 Å². The van der Waals surface area contributed by atoms with E-state index >= 15 is 0 Å². The summed E-state index contributed by atoms with van der Waals surface area (Å²) in [7, 11) is 0. The van der Waals surface area contributed by atoms with Gasteiger partial charge < -0.3 is 20.9 Å². The van der Waals surface area contributed by atoms with Crippen LogP contribution >= 0.6 is 11.8 Å². The van der Waals surface area contributed by atoms with E-state index in [-0.39, 0.29) is 17.4 Å². The van der Waals surface area contributed by atoms with E-state index in [1.165, 1.54) is 13.0 Å². The largest absolute Gasteiger partial charge is 0.365 e. The fraction of sp³-hybridized carbons (Fsp3) is 0.375. The molecule has 0 unspecified atom stereocenters. The maximum absolute atomic E-state index is 12.9. The van der Waals surface area contributed by atoms with E-state index in [9.17, 15) is 9.18 Å². The van der Waals surface area contributed by atoms with Crippen molar-refractivity contribution in [2.75, 3.05) is 40.9 Å². The molecule has 0 saturated carbocycles. The second-order valence-electron chi connectivity index (χ2n) is 8.50. The highest BCUT2D eigenvalue weighted by atomic mass is 32.2. The van der Waals surface area contributed by atoms with Crippen molar-refractivity contribution in [3.05, 3.63) is 59.6 Å². The van der Waals surface area contributed by atoms with Crippen molar-refractivity contribution >= 4 is 35.2 Å². The van der Waals surface area contributed by atoms with E-state index in [1.54, 1.807) is 17.8 Å². The van der Waals surface area contributed by atoms with Crippen LogP contribution in [0.5, 0.6) is 0 Å². The zero-order valence-corrected chi connectivity index (χ0v) is 19.3. The third kappa shape index (κ3) is 4.42. The van der Waals surface area contributed by atoms with Crippen LogP contribution in [0.15, 0.2) is 53.2 Å². The number of piperidine rings is 1. The summed E-state index contributed by atoms with van der Waals surface area (Å²) in [5, 5.41) is 9.48. The highest BCUT2D eigenvalue weighted by Gasteiger charge is 2.42. The molecule has 2 amide bonds. The maximum atomic E-state index is 12.9. The Morgan fingerprint density at radius 3 is 2.94 bits per heavy atom. The van der Waals surface area contributed by atoms with Crippen molar-refractivity contribution in [2.45, 2.75) is 36.6 Å². The summed E-state index contributed by atoms with van der Waals surface area (Å²) in [6.07, 6.45) is 7.51. The number of hydrogen-bond acceptors (Lipinski definition) is 6. The van der Waals surface area contributed by atoms with E-state index in [0.717, 1.165) is 71.7 Å². The zero-order valence-electron chi connectivity index (χ0n) is 18.5. The number of nitrogens with zero attached hydrogens (tertiary/aromatic N) is 3. The predicted molar refractivity (Wildman–Crippen MR) is 131 cm³/mol. The lowest BCUT2D eigenvalue weighted by Gasteiger charge is -2.45. The molecular formula is C24H27FN6OS. The first kappa shape index (κ1) is 21.8. The molecule has 0 bridgehead atoms. The second kappa shape index (κ2) is 9.05. The third-order valence-corrected chi connectivity index (χ3v) is 7.43. The lowest BCUT2D eigenvalue weighted by molar-refractivity contribution is 0.219. The number of para-hydroxylation sites is 1. The minimum Gasteiger partial charge on any atom is -0.365 e. The third-order valence-electron chi connectivity index (χ3n) is 6.30. The van der Waals surface area contributed by atoms with E-state index in [2.05, 4.69) is 26.9 Å². The van der Waals surface area contributed by atoms with Gasteiger partial charge in [0.05, 0.1) is 22.0 Å². The smallest absolute Gasteiger partial charge is 0.319 e. The number of amides is 2. The number of urea groups is 1. The molecule has 3 N–H and O–H groups in total. The monoisotopic (exact) mass is 466 g/mol. The van der Waals surface area contributed by atoms with Gasteiger partial charge in [-0.15, -0.1) is 11.8 Å². The average Bonchev–Trinajstić information content (AvgIpc) is 3.28. The summed E-state index contributed by atoms with van der Waals surface area (Å²) >= 11 is 1.77. The lowest BCUT2D eigenvalue weighted by atomic mass is 9.79. The van der Waals surface area contributed by atoms with Gasteiger partial charge in [-0.2, -0.15) is 4.98 Å². The minimum atomic E-state index is -0.365. The average molecular weight is 467 g/mol. The molecule has 3 aliphatic rings. The van der Waals surface area contributed by atoms with Crippen LogP contribution in [-0.4, -0.2) is 41.4 Å². The second-order valence-corrected chi connectivity index (χ2v) is 9.61. The highest BCUT2D eigenvalue weighted by molar-refractivity contribution is 7.99. The summed E-state index contributed by atoms with van der Waals surface area (Å²) in [5.74, 6) is 2.35. The summed E-state index contributed by atoms with van der Waals surface area (Å²) in [4.78, 5) is 25.4. The van der Waals surface area contributed by atoms with Crippen LogP contribution in [0.1, 0.15) is 31.0 Å². The van der Waals surface area contributed by atoms with Crippen LogP contribution < -0.4 is 20.9 Å². The van der Waals surface area contributed by atoms with Crippen molar-refractivity contribution in [1.29, 1.82) is 0 Å². The number of carbonyl (C=O) groups excluding carboxylic acids is 1. The molecule has 5 rings (SSSR count). The van der Waals surface area contributed by atoms with Gasteiger partial charge in [0.1, 0.15) is 5.82 Å². The Morgan fingerprint density at radius 2 is 2.12 bits per heavy atom. The summed E-state index contributed by atoms with van der Waals surface area (Å²) in [5.41, 5.74) is 2.74. The zero-order chi connectivity index (χ0) is 22.8. The van der Waals surface area contributed by atoms with E-state index in [1.807, 2.05) is 24.3 Å². The fourth-order valence-electron chi connectivity index (χ4n) is 4.67. The molecule has 33 heavy (non-hydrogen) atoms. The summed E-state index contributed by atoms with van der Waals surface area (Å²) in [6, 6.07) is 7.87. The van der Waals surface area contributed by atoms with E-state index < -0.39 is 0 Å². The van der Waals surface area contributed by atoms with Crippen LogP contribution in [0.4, 0.5) is 26.6 Å². The number of thioether (sulfide) groups is 1. The first-order valence-corrected chi connectivity index (χ1v) is 12.2. The van der Waals surface area contributed by atoms with E-state index in [4.69, 9.17) is 9.97 Å². The van der Waals surface area contributed by atoms with Gasteiger partial charge in [0, 0.05) is 43.1 Å². The Hall–Kier alpha value is -3.07. The molecule has 3 aliphatic heterocycles. The Kier molecular flexibility index (Phi) is 5.97.